The number of hydrogen-bond acceptors (Lipinski definition) is 5. The fourth-order valence-corrected chi connectivity index (χ4v) is 3.70. The van der Waals surface area contributed by atoms with Gasteiger partial charge in [-0.3, -0.25) is 29.3 Å². The van der Waals surface area contributed by atoms with E-state index in [2.05, 4.69) is 17.2 Å². The average Bonchev–Trinajstić information content (AvgIpc) is 2.93. The van der Waals surface area contributed by atoms with Crippen LogP contribution >= 0.6 is 0 Å². The van der Waals surface area contributed by atoms with Gasteiger partial charge in [-0.05, 0) is 22.3 Å². The van der Waals surface area contributed by atoms with E-state index in [1.165, 1.54) is 0 Å². The van der Waals surface area contributed by atoms with E-state index in [4.69, 9.17) is 0 Å². The monoisotopic (exact) mass is 362 g/mol. The summed E-state index contributed by atoms with van der Waals surface area (Å²) in [6, 6.07) is 6.97. The molecule has 134 valence electrons. The number of allylic oxidation sites excluding steroid dienone is 3. The van der Waals surface area contributed by atoms with Crippen molar-refractivity contribution in [1.82, 2.24) is 10.6 Å². The van der Waals surface area contributed by atoms with Crippen molar-refractivity contribution in [2.24, 2.45) is 0 Å². The average molecular weight is 362 g/mol. The third kappa shape index (κ3) is 2.64. The molecule has 0 aromatic heterocycles. The third-order valence-corrected chi connectivity index (χ3v) is 4.78. The van der Waals surface area contributed by atoms with Gasteiger partial charge in [0.15, 0.2) is 11.6 Å². The first-order chi connectivity index (χ1) is 12.9. The summed E-state index contributed by atoms with van der Waals surface area (Å²) < 4.78 is 0. The Bertz CT molecular complexity index is 931. The van der Waals surface area contributed by atoms with Gasteiger partial charge in [0.2, 0.25) is 5.91 Å². The summed E-state index contributed by atoms with van der Waals surface area (Å²) in [6.07, 6.45) is -0.312. The standard InChI is InChI=1S/C20H14N2O5/c1-9-6-14(23)17(19(26)21-9)12-7-13(11-5-3-2-4-10(11)12)18-15(24)8-16(25)22-20(18)27/h2-5H,1,6-8H2,(H,21,26)(H,22,25,27)/b17-12-,18-13-. The number of hydrogen-bond donors (Lipinski definition) is 2. The van der Waals surface area contributed by atoms with Gasteiger partial charge in [-0.25, -0.2) is 0 Å². The van der Waals surface area contributed by atoms with E-state index in [0.29, 0.717) is 28.0 Å². The fourth-order valence-electron chi connectivity index (χ4n) is 3.70. The zero-order valence-electron chi connectivity index (χ0n) is 14.2. The second-order valence-electron chi connectivity index (χ2n) is 6.56. The maximum absolute atomic E-state index is 12.5. The van der Waals surface area contributed by atoms with E-state index in [-0.39, 0.29) is 29.8 Å². The largest absolute Gasteiger partial charge is 0.326 e. The molecule has 0 spiro atoms. The normalized spacial score (nSPS) is 25.5. The van der Waals surface area contributed by atoms with Gasteiger partial charge >= 0.3 is 0 Å². The number of fused-ring (bicyclic) bond motifs is 1. The molecule has 1 aromatic rings. The molecule has 4 rings (SSSR count). The van der Waals surface area contributed by atoms with Gasteiger partial charge in [-0.2, -0.15) is 0 Å². The Labute approximate surface area is 153 Å². The molecule has 7 heteroatoms. The lowest BCUT2D eigenvalue weighted by Crippen LogP contribution is -2.41. The van der Waals surface area contributed by atoms with Gasteiger partial charge in [0, 0.05) is 12.1 Å². The summed E-state index contributed by atoms with van der Waals surface area (Å²) in [7, 11) is 0. The van der Waals surface area contributed by atoms with Gasteiger partial charge in [-0.15, -0.1) is 0 Å². The molecule has 7 nitrogen and oxygen atoms in total. The highest BCUT2D eigenvalue weighted by molar-refractivity contribution is 6.35. The number of amides is 3. The highest BCUT2D eigenvalue weighted by Gasteiger charge is 2.38. The summed E-state index contributed by atoms with van der Waals surface area (Å²) in [5.41, 5.74) is 2.39. The molecule has 0 atom stereocenters. The van der Waals surface area contributed by atoms with Crippen LogP contribution in [0.4, 0.5) is 0 Å². The predicted molar refractivity (Wildman–Crippen MR) is 94.6 cm³/mol. The molecule has 2 heterocycles. The number of rotatable bonds is 0. The first-order valence-corrected chi connectivity index (χ1v) is 8.32. The van der Waals surface area contributed by atoms with Crippen molar-refractivity contribution in [1.29, 1.82) is 0 Å². The molecule has 0 bridgehead atoms. The first kappa shape index (κ1) is 16.8. The first-order valence-electron chi connectivity index (χ1n) is 8.32. The molecule has 3 amide bonds. The molecule has 1 aliphatic carbocycles. The van der Waals surface area contributed by atoms with Crippen molar-refractivity contribution in [2.45, 2.75) is 19.3 Å². The van der Waals surface area contributed by atoms with E-state index in [1.54, 1.807) is 24.3 Å². The van der Waals surface area contributed by atoms with E-state index in [0.717, 1.165) is 0 Å². The summed E-state index contributed by atoms with van der Waals surface area (Å²) in [5, 5.41) is 4.72. The SMILES string of the molecule is C=C1CC(=O)/C(=C2\C/C(=C3\C(=O)CC(=O)NC3=O)c3ccccc32)C(=O)N1. The summed E-state index contributed by atoms with van der Waals surface area (Å²) in [6.45, 7) is 3.62. The molecule has 2 aliphatic heterocycles. The molecule has 2 N–H and O–H groups in total. The van der Waals surface area contributed by atoms with Crippen molar-refractivity contribution in [3.8, 4) is 0 Å². The predicted octanol–water partition coefficient (Wildman–Crippen LogP) is 0.816. The molecule has 2 fully saturated rings. The highest BCUT2D eigenvalue weighted by atomic mass is 16.2. The minimum absolute atomic E-state index is 0.00651. The lowest BCUT2D eigenvalue weighted by Gasteiger charge is -2.18. The van der Waals surface area contributed by atoms with E-state index in [9.17, 15) is 24.0 Å². The van der Waals surface area contributed by atoms with Crippen molar-refractivity contribution in [2.75, 3.05) is 0 Å². The van der Waals surface area contributed by atoms with E-state index < -0.39 is 29.9 Å². The number of piperidine rings is 2. The van der Waals surface area contributed by atoms with Crippen molar-refractivity contribution < 1.29 is 24.0 Å². The molecule has 27 heavy (non-hydrogen) atoms. The van der Waals surface area contributed by atoms with Gasteiger partial charge in [-0.1, -0.05) is 30.8 Å². The number of imide groups is 1. The Hall–Kier alpha value is -3.61. The number of ketones is 2. The van der Waals surface area contributed by atoms with Gasteiger partial charge in [0.1, 0.15) is 0 Å². The fraction of sp³-hybridized carbons (Fsp3) is 0.150. The van der Waals surface area contributed by atoms with Crippen LogP contribution in [0.1, 0.15) is 30.4 Å². The van der Waals surface area contributed by atoms with Crippen LogP contribution in [0.3, 0.4) is 0 Å². The quantitative estimate of drug-likeness (QED) is 0.307. The Kier molecular flexibility index (Phi) is 3.73. The zero-order valence-corrected chi connectivity index (χ0v) is 14.2. The Balaban J connectivity index is 1.93. The molecule has 0 saturated carbocycles. The van der Waals surface area contributed by atoms with Gasteiger partial charge in [0.25, 0.3) is 11.8 Å². The molecular formula is C20H14N2O5. The number of Topliss-reactive ketones (excluding diaryl/α,β-unsaturated/α-hetero) is 2. The van der Waals surface area contributed by atoms with Crippen LogP contribution in [0.5, 0.6) is 0 Å². The summed E-state index contributed by atoms with van der Waals surface area (Å²) in [5.74, 6) is -2.84. The topological polar surface area (TPSA) is 109 Å². The second kappa shape index (κ2) is 5.98. The van der Waals surface area contributed by atoms with Crippen LogP contribution in [0.25, 0.3) is 11.1 Å². The van der Waals surface area contributed by atoms with E-state index in [1.807, 2.05) is 0 Å². The highest BCUT2D eigenvalue weighted by Crippen LogP contribution is 2.45. The smallest absolute Gasteiger partial charge is 0.261 e. The molecule has 0 unspecified atom stereocenters. The molecule has 2 saturated heterocycles. The maximum atomic E-state index is 12.5. The Morgan fingerprint density at radius 2 is 1.22 bits per heavy atom. The molecule has 0 radical (unpaired) electrons. The third-order valence-electron chi connectivity index (χ3n) is 4.78. The lowest BCUT2D eigenvalue weighted by molar-refractivity contribution is -0.135. The molecule has 1 aromatic carbocycles. The van der Waals surface area contributed by atoms with Gasteiger partial charge in [0.05, 0.1) is 24.0 Å². The van der Waals surface area contributed by atoms with E-state index >= 15 is 0 Å². The Morgan fingerprint density at radius 3 is 1.74 bits per heavy atom. The van der Waals surface area contributed by atoms with Gasteiger partial charge < -0.3 is 5.32 Å². The van der Waals surface area contributed by atoms with Crippen LogP contribution in [-0.2, 0) is 24.0 Å². The van der Waals surface area contributed by atoms with Crippen LogP contribution in [0.2, 0.25) is 0 Å². The number of carbonyl (C=O) groups excluding carboxylic acids is 5. The number of nitrogens with one attached hydrogen (secondary N) is 2. The number of benzene rings is 1. The van der Waals surface area contributed by atoms with Crippen molar-refractivity contribution in [3.63, 3.8) is 0 Å². The summed E-state index contributed by atoms with van der Waals surface area (Å²) in [4.78, 5) is 61.0. The molecular weight excluding hydrogens is 348 g/mol. The minimum atomic E-state index is -0.750. The van der Waals surface area contributed by atoms with Crippen LogP contribution in [0, 0.1) is 0 Å². The van der Waals surface area contributed by atoms with Crippen molar-refractivity contribution >= 4 is 40.4 Å². The lowest BCUT2D eigenvalue weighted by atomic mass is 9.92. The maximum Gasteiger partial charge on any atom is 0.261 e. The van der Waals surface area contributed by atoms with Crippen LogP contribution in [-0.4, -0.2) is 29.3 Å². The number of carbonyl (C=O) groups is 5. The zero-order chi connectivity index (χ0) is 19.3. The summed E-state index contributed by atoms with van der Waals surface area (Å²) >= 11 is 0. The van der Waals surface area contributed by atoms with Crippen molar-refractivity contribution in [3.05, 3.63) is 58.8 Å². The molecule has 3 aliphatic rings. The minimum Gasteiger partial charge on any atom is -0.326 e. The Morgan fingerprint density at radius 1 is 0.704 bits per heavy atom. The van der Waals surface area contributed by atoms with Crippen LogP contribution in [0.15, 0.2) is 47.7 Å². The second-order valence-corrected chi connectivity index (χ2v) is 6.56. The van der Waals surface area contributed by atoms with Crippen LogP contribution < -0.4 is 10.6 Å².